The number of aromatic nitrogens is 2. The average molecular weight is 328 g/mol. The second-order valence-corrected chi connectivity index (χ2v) is 5.88. The molecular formula is C18H18ClN3O. The van der Waals surface area contributed by atoms with Crippen molar-refractivity contribution in [2.45, 2.75) is 20.4 Å². The topological polar surface area (TPSA) is 47.0 Å². The highest BCUT2D eigenvalue weighted by molar-refractivity contribution is 6.30. The molecule has 0 fully saturated rings. The molecule has 0 radical (unpaired) electrons. The number of aryl methyl sites for hydroxylation is 2. The van der Waals surface area contributed by atoms with Gasteiger partial charge in [0.2, 0.25) is 0 Å². The van der Waals surface area contributed by atoms with E-state index in [1.165, 1.54) is 0 Å². The standard InChI is InChI=1S/C18H18ClN3O/c1-11-7-15(23-3)9-16-17(11)21-12(2)22-18(16)20-10-13-5-4-6-14(19)8-13/h4-9H,10H2,1-3H3,(H,20,21,22). The number of fused-ring (bicyclic) bond motifs is 1. The van der Waals surface area contributed by atoms with Gasteiger partial charge in [-0.25, -0.2) is 9.97 Å². The molecule has 0 atom stereocenters. The van der Waals surface area contributed by atoms with Crippen LogP contribution in [0.2, 0.25) is 5.02 Å². The van der Waals surface area contributed by atoms with Gasteiger partial charge in [-0.1, -0.05) is 23.7 Å². The molecule has 4 nitrogen and oxygen atoms in total. The van der Waals surface area contributed by atoms with E-state index in [-0.39, 0.29) is 0 Å². The second kappa shape index (κ2) is 6.42. The largest absolute Gasteiger partial charge is 0.497 e. The molecule has 0 unspecified atom stereocenters. The maximum Gasteiger partial charge on any atom is 0.138 e. The first-order chi connectivity index (χ1) is 11.1. The Labute approximate surface area is 140 Å². The SMILES string of the molecule is COc1cc(C)c2nc(C)nc(NCc3cccc(Cl)c3)c2c1. The quantitative estimate of drug-likeness (QED) is 0.765. The Hall–Kier alpha value is -2.33. The molecule has 0 aliphatic rings. The van der Waals surface area contributed by atoms with Crippen molar-refractivity contribution in [1.29, 1.82) is 0 Å². The van der Waals surface area contributed by atoms with Gasteiger partial charge in [0.1, 0.15) is 17.4 Å². The van der Waals surface area contributed by atoms with E-state index in [4.69, 9.17) is 16.3 Å². The van der Waals surface area contributed by atoms with Crippen molar-refractivity contribution in [1.82, 2.24) is 9.97 Å². The number of hydrogen-bond acceptors (Lipinski definition) is 4. The van der Waals surface area contributed by atoms with Gasteiger partial charge in [0.15, 0.2) is 0 Å². The second-order valence-electron chi connectivity index (χ2n) is 5.44. The summed E-state index contributed by atoms with van der Waals surface area (Å²) in [6.07, 6.45) is 0. The number of nitrogens with zero attached hydrogens (tertiary/aromatic N) is 2. The van der Waals surface area contributed by atoms with Crippen LogP contribution in [-0.2, 0) is 6.54 Å². The normalized spacial score (nSPS) is 10.8. The fourth-order valence-electron chi connectivity index (χ4n) is 2.57. The summed E-state index contributed by atoms with van der Waals surface area (Å²) >= 11 is 6.04. The van der Waals surface area contributed by atoms with Crippen molar-refractivity contribution in [3.8, 4) is 5.75 Å². The maximum atomic E-state index is 6.04. The molecule has 3 aromatic rings. The van der Waals surface area contributed by atoms with E-state index in [9.17, 15) is 0 Å². The van der Waals surface area contributed by atoms with Gasteiger partial charge in [-0.3, -0.25) is 0 Å². The minimum Gasteiger partial charge on any atom is -0.497 e. The first kappa shape index (κ1) is 15.6. The number of ether oxygens (including phenoxy) is 1. The number of anilines is 1. The zero-order valence-corrected chi connectivity index (χ0v) is 14.1. The van der Waals surface area contributed by atoms with Gasteiger partial charge >= 0.3 is 0 Å². The van der Waals surface area contributed by atoms with Crippen LogP contribution >= 0.6 is 11.6 Å². The monoisotopic (exact) mass is 327 g/mol. The summed E-state index contributed by atoms with van der Waals surface area (Å²) in [7, 11) is 1.66. The van der Waals surface area contributed by atoms with Gasteiger partial charge in [0.05, 0.1) is 12.6 Å². The highest BCUT2D eigenvalue weighted by atomic mass is 35.5. The number of methoxy groups -OCH3 is 1. The molecule has 3 rings (SSSR count). The van der Waals surface area contributed by atoms with Crippen LogP contribution in [0.25, 0.3) is 10.9 Å². The highest BCUT2D eigenvalue weighted by Gasteiger charge is 2.10. The predicted octanol–water partition coefficient (Wildman–Crippen LogP) is 4.52. The van der Waals surface area contributed by atoms with Crippen LogP contribution < -0.4 is 10.1 Å². The molecule has 0 aliphatic heterocycles. The minimum absolute atomic E-state index is 0.641. The summed E-state index contributed by atoms with van der Waals surface area (Å²) in [6, 6.07) is 11.7. The van der Waals surface area contributed by atoms with Crippen molar-refractivity contribution in [2.75, 3.05) is 12.4 Å². The molecule has 5 heteroatoms. The molecular weight excluding hydrogens is 310 g/mol. The van der Waals surface area contributed by atoms with Crippen molar-refractivity contribution in [3.63, 3.8) is 0 Å². The molecule has 2 aromatic carbocycles. The van der Waals surface area contributed by atoms with Gasteiger partial charge in [0.25, 0.3) is 0 Å². The molecule has 0 spiro atoms. The van der Waals surface area contributed by atoms with Gasteiger partial charge in [0, 0.05) is 17.0 Å². The molecule has 0 saturated carbocycles. The van der Waals surface area contributed by atoms with E-state index < -0.39 is 0 Å². The van der Waals surface area contributed by atoms with Crippen molar-refractivity contribution in [2.24, 2.45) is 0 Å². The molecule has 23 heavy (non-hydrogen) atoms. The number of halogens is 1. The lowest BCUT2D eigenvalue weighted by Gasteiger charge is -2.12. The Balaban J connectivity index is 2.00. The summed E-state index contributed by atoms with van der Waals surface area (Å²) in [5.74, 6) is 2.34. The summed E-state index contributed by atoms with van der Waals surface area (Å²) < 4.78 is 5.37. The predicted molar refractivity (Wildman–Crippen MR) is 94.3 cm³/mol. The van der Waals surface area contributed by atoms with Gasteiger partial charge < -0.3 is 10.1 Å². The van der Waals surface area contributed by atoms with E-state index in [0.29, 0.717) is 6.54 Å². The summed E-state index contributed by atoms with van der Waals surface area (Å²) in [5.41, 5.74) is 3.10. The third-order valence-electron chi connectivity index (χ3n) is 3.66. The third kappa shape index (κ3) is 3.37. The molecule has 0 saturated heterocycles. The first-order valence-electron chi connectivity index (χ1n) is 7.38. The van der Waals surface area contributed by atoms with Crippen molar-refractivity contribution >= 4 is 28.3 Å². The Morgan fingerprint density at radius 2 is 1.96 bits per heavy atom. The highest BCUT2D eigenvalue weighted by Crippen LogP contribution is 2.28. The molecule has 1 heterocycles. The lowest BCUT2D eigenvalue weighted by atomic mass is 10.1. The molecule has 1 N–H and O–H groups in total. The third-order valence-corrected chi connectivity index (χ3v) is 3.90. The fraction of sp³-hybridized carbons (Fsp3) is 0.222. The van der Waals surface area contributed by atoms with Crippen molar-refractivity contribution < 1.29 is 4.74 Å². The summed E-state index contributed by atoms with van der Waals surface area (Å²) in [4.78, 5) is 9.10. The number of benzene rings is 2. The van der Waals surface area contributed by atoms with Crippen molar-refractivity contribution in [3.05, 3.63) is 58.4 Å². The van der Waals surface area contributed by atoms with Crippen LogP contribution in [0.5, 0.6) is 5.75 Å². The molecule has 0 amide bonds. The van der Waals surface area contributed by atoms with E-state index in [2.05, 4.69) is 15.3 Å². The smallest absolute Gasteiger partial charge is 0.138 e. The molecule has 0 aliphatic carbocycles. The zero-order chi connectivity index (χ0) is 16.4. The minimum atomic E-state index is 0.641. The summed E-state index contributed by atoms with van der Waals surface area (Å²) in [6.45, 7) is 4.56. The Kier molecular flexibility index (Phi) is 4.35. The van der Waals surface area contributed by atoms with Gasteiger partial charge in [-0.2, -0.15) is 0 Å². The summed E-state index contributed by atoms with van der Waals surface area (Å²) in [5, 5.41) is 5.07. The van der Waals surface area contributed by atoms with E-state index in [1.807, 2.05) is 50.2 Å². The van der Waals surface area contributed by atoms with Crippen LogP contribution in [0, 0.1) is 13.8 Å². The van der Waals surface area contributed by atoms with Gasteiger partial charge in [-0.05, 0) is 49.2 Å². The Bertz CT molecular complexity index is 864. The molecule has 1 aromatic heterocycles. The molecule has 118 valence electrons. The first-order valence-corrected chi connectivity index (χ1v) is 7.76. The van der Waals surface area contributed by atoms with E-state index in [0.717, 1.165) is 44.4 Å². The van der Waals surface area contributed by atoms with Crippen LogP contribution in [0.4, 0.5) is 5.82 Å². The molecule has 0 bridgehead atoms. The maximum absolute atomic E-state index is 6.04. The zero-order valence-electron chi connectivity index (χ0n) is 13.4. The fourth-order valence-corrected chi connectivity index (χ4v) is 2.78. The lowest BCUT2D eigenvalue weighted by Crippen LogP contribution is -2.05. The lowest BCUT2D eigenvalue weighted by molar-refractivity contribution is 0.415. The van der Waals surface area contributed by atoms with E-state index in [1.54, 1.807) is 7.11 Å². The van der Waals surface area contributed by atoms with Crippen LogP contribution in [0.3, 0.4) is 0 Å². The van der Waals surface area contributed by atoms with Crippen LogP contribution in [-0.4, -0.2) is 17.1 Å². The Morgan fingerprint density at radius 1 is 1.13 bits per heavy atom. The number of hydrogen-bond donors (Lipinski definition) is 1. The number of nitrogens with one attached hydrogen (secondary N) is 1. The van der Waals surface area contributed by atoms with Gasteiger partial charge in [-0.15, -0.1) is 0 Å². The van der Waals surface area contributed by atoms with Crippen LogP contribution in [0.1, 0.15) is 17.0 Å². The number of rotatable bonds is 4. The van der Waals surface area contributed by atoms with Crippen LogP contribution in [0.15, 0.2) is 36.4 Å². The van der Waals surface area contributed by atoms with E-state index >= 15 is 0 Å². The average Bonchev–Trinajstić information content (AvgIpc) is 2.53. The Morgan fingerprint density at radius 3 is 2.70 bits per heavy atom.